The molecule has 0 saturated heterocycles. The molecule has 0 aromatic heterocycles. The van der Waals surface area contributed by atoms with Gasteiger partial charge in [0.2, 0.25) is 11.8 Å². The largest absolute Gasteiger partial charge is 0.486 e. The van der Waals surface area contributed by atoms with E-state index in [9.17, 15) is 9.59 Å². The van der Waals surface area contributed by atoms with Gasteiger partial charge in [-0.25, -0.2) is 0 Å². The molecule has 142 valence electrons. The molecule has 1 aliphatic rings. The first-order valence-corrected chi connectivity index (χ1v) is 9.03. The second-order valence-electron chi connectivity index (χ2n) is 6.51. The van der Waals surface area contributed by atoms with E-state index in [1.165, 1.54) is 6.92 Å². The van der Waals surface area contributed by atoms with E-state index < -0.39 is 0 Å². The van der Waals surface area contributed by atoms with Crippen LogP contribution in [0.25, 0.3) is 0 Å². The third-order valence-corrected chi connectivity index (χ3v) is 4.35. The number of aryl methyl sites for hydroxylation is 1. The van der Waals surface area contributed by atoms with Gasteiger partial charge in [0.05, 0.1) is 0 Å². The molecule has 0 saturated carbocycles. The molecule has 0 radical (unpaired) electrons. The molecule has 1 heterocycles. The molecular formula is C21H24N2O4. The predicted octanol–water partition coefficient (Wildman–Crippen LogP) is 2.83. The number of fused-ring (bicyclic) bond motifs is 1. The number of nitrogens with one attached hydrogen (secondary N) is 1. The highest BCUT2D eigenvalue weighted by Gasteiger charge is 2.18. The van der Waals surface area contributed by atoms with Gasteiger partial charge in [0, 0.05) is 38.2 Å². The van der Waals surface area contributed by atoms with Crippen LogP contribution in [-0.4, -0.2) is 31.6 Å². The Labute approximate surface area is 159 Å². The maximum atomic E-state index is 12.2. The van der Waals surface area contributed by atoms with E-state index in [1.54, 1.807) is 23.1 Å². The SMILES string of the molecule is CC(=O)N(CCC(=O)NCc1cccc(C)c1)c1ccc2c(c1)OCCO2. The van der Waals surface area contributed by atoms with Crippen LogP contribution >= 0.6 is 0 Å². The number of carbonyl (C=O) groups is 2. The Balaban J connectivity index is 1.58. The van der Waals surface area contributed by atoms with E-state index in [0.29, 0.717) is 43.5 Å². The summed E-state index contributed by atoms with van der Waals surface area (Å²) in [4.78, 5) is 25.8. The number of hydrogen-bond acceptors (Lipinski definition) is 4. The van der Waals surface area contributed by atoms with Crippen LogP contribution in [0.4, 0.5) is 5.69 Å². The molecule has 0 unspecified atom stereocenters. The highest BCUT2D eigenvalue weighted by atomic mass is 16.6. The zero-order valence-electron chi connectivity index (χ0n) is 15.7. The minimum atomic E-state index is -0.127. The van der Waals surface area contributed by atoms with E-state index in [2.05, 4.69) is 5.32 Å². The first-order chi connectivity index (χ1) is 13.0. The van der Waals surface area contributed by atoms with E-state index in [4.69, 9.17) is 9.47 Å². The van der Waals surface area contributed by atoms with Crippen LogP contribution in [-0.2, 0) is 16.1 Å². The van der Waals surface area contributed by atoms with Gasteiger partial charge in [0.15, 0.2) is 11.5 Å². The Hall–Kier alpha value is -3.02. The molecule has 1 aliphatic heterocycles. The molecule has 2 aromatic rings. The average Bonchev–Trinajstić information content (AvgIpc) is 2.66. The van der Waals surface area contributed by atoms with Crippen molar-refractivity contribution in [2.24, 2.45) is 0 Å². The number of carbonyl (C=O) groups excluding carboxylic acids is 2. The lowest BCUT2D eigenvalue weighted by Gasteiger charge is -2.24. The van der Waals surface area contributed by atoms with Gasteiger partial charge >= 0.3 is 0 Å². The number of nitrogens with zero attached hydrogens (tertiary/aromatic N) is 1. The monoisotopic (exact) mass is 368 g/mol. The predicted molar refractivity (Wildman–Crippen MR) is 103 cm³/mol. The minimum absolute atomic E-state index is 0.0969. The van der Waals surface area contributed by atoms with Crippen molar-refractivity contribution in [1.82, 2.24) is 5.32 Å². The Bertz CT molecular complexity index is 835. The van der Waals surface area contributed by atoms with Crippen molar-refractivity contribution < 1.29 is 19.1 Å². The van der Waals surface area contributed by atoms with Gasteiger partial charge in [-0.2, -0.15) is 0 Å². The summed E-state index contributed by atoms with van der Waals surface area (Å²) >= 11 is 0. The number of anilines is 1. The third-order valence-electron chi connectivity index (χ3n) is 4.35. The van der Waals surface area contributed by atoms with Crippen molar-refractivity contribution in [3.05, 3.63) is 53.6 Å². The molecule has 0 bridgehead atoms. The fourth-order valence-corrected chi connectivity index (χ4v) is 2.99. The van der Waals surface area contributed by atoms with Gasteiger partial charge < -0.3 is 19.7 Å². The molecule has 0 fully saturated rings. The van der Waals surface area contributed by atoms with Crippen molar-refractivity contribution >= 4 is 17.5 Å². The van der Waals surface area contributed by atoms with E-state index in [1.807, 2.05) is 31.2 Å². The Morgan fingerprint density at radius 1 is 1.07 bits per heavy atom. The summed E-state index contributed by atoms with van der Waals surface area (Å²) in [7, 11) is 0. The third kappa shape index (κ3) is 5.00. The molecule has 0 aliphatic carbocycles. The topological polar surface area (TPSA) is 67.9 Å². The van der Waals surface area contributed by atoms with E-state index in [-0.39, 0.29) is 18.2 Å². The van der Waals surface area contributed by atoms with Gasteiger partial charge in [-0.3, -0.25) is 9.59 Å². The van der Waals surface area contributed by atoms with E-state index in [0.717, 1.165) is 11.1 Å². The summed E-state index contributed by atoms with van der Waals surface area (Å²) in [6.07, 6.45) is 0.222. The lowest BCUT2D eigenvalue weighted by Crippen LogP contribution is -2.33. The highest BCUT2D eigenvalue weighted by molar-refractivity contribution is 5.92. The molecule has 27 heavy (non-hydrogen) atoms. The molecule has 2 aromatic carbocycles. The van der Waals surface area contributed by atoms with Gasteiger partial charge in [0.25, 0.3) is 0 Å². The molecule has 3 rings (SSSR count). The van der Waals surface area contributed by atoms with Crippen molar-refractivity contribution in [3.63, 3.8) is 0 Å². The van der Waals surface area contributed by atoms with Gasteiger partial charge in [0.1, 0.15) is 13.2 Å². The first kappa shape index (κ1) is 18.8. The summed E-state index contributed by atoms with van der Waals surface area (Å²) in [5.74, 6) is 1.07. The molecule has 6 heteroatoms. The number of rotatable bonds is 6. The Morgan fingerprint density at radius 2 is 1.85 bits per heavy atom. The lowest BCUT2D eigenvalue weighted by atomic mass is 10.1. The molecule has 2 amide bonds. The fourth-order valence-electron chi connectivity index (χ4n) is 2.99. The summed E-state index contributed by atoms with van der Waals surface area (Å²) in [6, 6.07) is 13.4. The van der Waals surface area contributed by atoms with Gasteiger partial charge in [-0.15, -0.1) is 0 Å². The van der Waals surface area contributed by atoms with Crippen LogP contribution in [0.2, 0.25) is 0 Å². The van der Waals surface area contributed by atoms with Crippen LogP contribution in [0.1, 0.15) is 24.5 Å². The van der Waals surface area contributed by atoms with Crippen molar-refractivity contribution in [1.29, 1.82) is 0 Å². The Morgan fingerprint density at radius 3 is 2.59 bits per heavy atom. The zero-order valence-corrected chi connectivity index (χ0v) is 15.7. The molecule has 0 spiro atoms. The average molecular weight is 368 g/mol. The summed E-state index contributed by atoms with van der Waals surface area (Å²) < 4.78 is 11.1. The maximum Gasteiger partial charge on any atom is 0.223 e. The van der Waals surface area contributed by atoms with Crippen LogP contribution in [0.5, 0.6) is 11.5 Å². The standard InChI is InChI=1S/C21H24N2O4/c1-15-4-3-5-17(12-15)14-22-21(25)8-9-23(16(2)24)18-6-7-19-20(13-18)27-11-10-26-19/h3-7,12-13H,8-11,14H2,1-2H3,(H,22,25). The molecular weight excluding hydrogens is 344 g/mol. The maximum absolute atomic E-state index is 12.2. The quantitative estimate of drug-likeness (QED) is 0.851. The van der Waals surface area contributed by atoms with E-state index >= 15 is 0 Å². The Kier molecular flexibility index (Phi) is 5.96. The fraction of sp³-hybridized carbons (Fsp3) is 0.333. The van der Waals surface area contributed by atoms with Crippen LogP contribution in [0, 0.1) is 6.92 Å². The molecule has 1 N–H and O–H groups in total. The number of ether oxygens (including phenoxy) is 2. The smallest absolute Gasteiger partial charge is 0.223 e. The first-order valence-electron chi connectivity index (χ1n) is 9.03. The van der Waals surface area contributed by atoms with Crippen LogP contribution in [0.15, 0.2) is 42.5 Å². The van der Waals surface area contributed by atoms with Crippen molar-refractivity contribution in [3.8, 4) is 11.5 Å². The van der Waals surface area contributed by atoms with Crippen LogP contribution in [0.3, 0.4) is 0 Å². The lowest BCUT2D eigenvalue weighted by molar-refractivity contribution is -0.121. The van der Waals surface area contributed by atoms with Gasteiger partial charge in [-0.1, -0.05) is 29.8 Å². The highest BCUT2D eigenvalue weighted by Crippen LogP contribution is 2.34. The summed E-state index contributed by atoms with van der Waals surface area (Å²) in [6.45, 7) is 5.28. The van der Waals surface area contributed by atoms with Crippen LogP contribution < -0.4 is 19.7 Å². The zero-order chi connectivity index (χ0) is 19.2. The number of amides is 2. The minimum Gasteiger partial charge on any atom is -0.486 e. The number of benzene rings is 2. The summed E-state index contributed by atoms with van der Waals surface area (Å²) in [5.41, 5.74) is 2.90. The molecule has 6 nitrogen and oxygen atoms in total. The van der Waals surface area contributed by atoms with Gasteiger partial charge in [-0.05, 0) is 24.6 Å². The van der Waals surface area contributed by atoms with Crippen molar-refractivity contribution in [2.45, 2.75) is 26.8 Å². The normalized spacial score (nSPS) is 12.4. The second-order valence-corrected chi connectivity index (χ2v) is 6.51. The summed E-state index contributed by atoms with van der Waals surface area (Å²) in [5, 5.41) is 2.90. The number of hydrogen-bond donors (Lipinski definition) is 1. The second kappa shape index (κ2) is 8.58. The van der Waals surface area contributed by atoms with Crippen molar-refractivity contribution in [2.75, 3.05) is 24.7 Å². The molecule has 0 atom stereocenters.